The Kier molecular flexibility index (Phi) is 13.1. The van der Waals surface area contributed by atoms with Crippen LogP contribution in [0.15, 0.2) is 84.9 Å². The summed E-state index contributed by atoms with van der Waals surface area (Å²) < 4.78 is 25.6. The highest BCUT2D eigenvalue weighted by atomic mass is 31.1. The maximum absolute atomic E-state index is 6.70. The maximum Gasteiger partial charge on any atom is 0.189 e. The highest BCUT2D eigenvalue weighted by Crippen LogP contribution is 2.47. The van der Waals surface area contributed by atoms with Crippen LogP contribution in [-0.2, 0) is 33.5 Å². The van der Waals surface area contributed by atoms with Gasteiger partial charge in [-0.15, -0.1) is 0 Å². The van der Waals surface area contributed by atoms with Gasteiger partial charge in [0, 0.05) is 21.7 Å². The van der Waals surface area contributed by atoms with Gasteiger partial charge < -0.3 is 18.9 Å². The first kappa shape index (κ1) is 36.7. The quantitative estimate of drug-likeness (QED) is 0.0726. The minimum absolute atomic E-state index is 0.116. The molecule has 47 heavy (non-hydrogen) atoms. The summed E-state index contributed by atoms with van der Waals surface area (Å²) in [7, 11) is -0.848. The van der Waals surface area contributed by atoms with Gasteiger partial charge in [0.1, 0.15) is 11.5 Å². The van der Waals surface area contributed by atoms with Crippen molar-refractivity contribution >= 4 is 18.5 Å². The lowest BCUT2D eigenvalue weighted by Crippen LogP contribution is -2.26. The van der Waals surface area contributed by atoms with E-state index in [1.165, 1.54) is 32.9 Å². The molecule has 4 rings (SSSR count). The minimum Gasteiger partial charge on any atom is -0.467 e. The van der Waals surface area contributed by atoms with E-state index in [0.29, 0.717) is 13.2 Å². The molecule has 0 saturated carbocycles. The first-order chi connectivity index (χ1) is 22.4. The number of ether oxygens (including phenoxy) is 4. The first-order valence-electron chi connectivity index (χ1n) is 16.9. The molecule has 0 unspecified atom stereocenters. The van der Waals surface area contributed by atoms with E-state index in [4.69, 9.17) is 18.9 Å². The van der Waals surface area contributed by atoms with Gasteiger partial charge >= 0.3 is 0 Å². The van der Waals surface area contributed by atoms with Crippen LogP contribution in [0.1, 0.15) is 94.7 Å². The molecular weight excluding hydrogens is 599 g/mol. The van der Waals surface area contributed by atoms with Crippen LogP contribution in [0.5, 0.6) is 11.5 Å². The van der Waals surface area contributed by atoms with E-state index in [9.17, 15) is 0 Å². The third kappa shape index (κ3) is 10.4. The van der Waals surface area contributed by atoms with Crippen molar-refractivity contribution in [3.63, 3.8) is 0 Å². The van der Waals surface area contributed by atoms with Crippen molar-refractivity contribution < 1.29 is 18.9 Å². The fraction of sp³-hybridized carbons (Fsp3) is 0.429. The van der Waals surface area contributed by atoms with E-state index in [1.54, 1.807) is 0 Å². The van der Waals surface area contributed by atoms with E-state index in [2.05, 4.69) is 111 Å². The zero-order chi connectivity index (χ0) is 34.0. The van der Waals surface area contributed by atoms with Crippen LogP contribution in [0.25, 0.3) is 0 Å². The molecule has 4 aromatic carbocycles. The molecule has 0 atom stereocenters. The van der Waals surface area contributed by atoms with Crippen LogP contribution in [0.3, 0.4) is 0 Å². The van der Waals surface area contributed by atoms with Crippen molar-refractivity contribution in [3.8, 4) is 11.5 Å². The molecule has 0 spiro atoms. The summed E-state index contributed by atoms with van der Waals surface area (Å²) in [5.41, 5.74) is 6.92. The van der Waals surface area contributed by atoms with Gasteiger partial charge in [-0.3, -0.25) is 0 Å². The lowest BCUT2D eigenvalue weighted by molar-refractivity contribution is 0.00471. The Bertz CT molecular complexity index is 1440. The molecule has 0 saturated heterocycles. The van der Waals surface area contributed by atoms with Gasteiger partial charge in [0.2, 0.25) is 0 Å². The van der Waals surface area contributed by atoms with Crippen molar-refractivity contribution in [2.75, 3.05) is 19.7 Å². The Labute approximate surface area is 285 Å². The molecule has 0 aromatic heterocycles. The van der Waals surface area contributed by atoms with E-state index in [-0.39, 0.29) is 24.4 Å². The van der Waals surface area contributed by atoms with Crippen LogP contribution in [0.2, 0.25) is 0 Å². The van der Waals surface area contributed by atoms with E-state index in [0.717, 1.165) is 41.6 Å². The smallest absolute Gasteiger partial charge is 0.189 e. The third-order valence-electron chi connectivity index (χ3n) is 8.16. The van der Waals surface area contributed by atoms with Crippen molar-refractivity contribution in [1.82, 2.24) is 0 Å². The molecule has 0 fully saturated rings. The Morgan fingerprint density at radius 3 is 1.34 bits per heavy atom. The van der Waals surface area contributed by atoms with Crippen molar-refractivity contribution in [3.05, 3.63) is 118 Å². The largest absolute Gasteiger partial charge is 0.467 e. The van der Waals surface area contributed by atoms with Crippen molar-refractivity contribution in [2.45, 2.75) is 99.2 Å². The summed E-state index contributed by atoms with van der Waals surface area (Å²) >= 11 is 0. The standard InChI is InChI=1S/C42H55O4P/c1-10-11-22-47(37-25-31(2)23-35(41(4,5)6)39(37)45-29-43-27-33-18-14-12-15-19-33)38-26-32(3)24-36(42(7,8)9)40(38)46-30-44-28-34-20-16-13-17-21-34/h12-21,23-26H,10-11,22,27-30H2,1-9H3. The number of aryl methyl sites for hydroxylation is 2. The van der Waals surface area contributed by atoms with Crippen LogP contribution in [-0.4, -0.2) is 19.7 Å². The number of benzene rings is 4. The molecule has 0 aliphatic rings. The van der Waals surface area contributed by atoms with Crippen LogP contribution in [0.4, 0.5) is 0 Å². The summed E-state index contributed by atoms with van der Waals surface area (Å²) in [4.78, 5) is 0. The Hall–Kier alpha value is -3.17. The van der Waals surface area contributed by atoms with Gasteiger partial charge in [0.25, 0.3) is 0 Å². The number of unbranched alkanes of at least 4 members (excludes halogenated alkanes) is 1. The van der Waals surface area contributed by atoms with Gasteiger partial charge in [0.15, 0.2) is 13.6 Å². The highest BCUT2D eigenvalue weighted by Gasteiger charge is 2.31. The molecule has 0 N–H and O–H groups in total. The third-order valence-corrected chi connectivity index (χ3v) is 10.7. The first-order valence-corrected chi connectivity index (χ1v) is 18.5. The molecule has 0 bridgehead atoms. The minimum atomic E-state index is -0.848. The molecule has 5 heteroatoms. The number of rotatable bonds is 15. The summed E-state index contributed by atoms with van der Waals surface area (Å²) in [6, 6.07) is 29.8. The molecule has 0 aliphatic heterocycles. The molecule has 0 aliphatic carbocycles. The SMILES string of the molecule is CCCCP(c1cc(C)cc(C(C)(C)C)c1OCOCc1ccccc1)c1cc(C)cc(C(C)(C)C)c1OCOCc1ccccc1. The predicted molar refractivity (Wildman–Crippen MR) is 199 cm³/mol. The van der Waals surface area contributed by atoms with Gasteiger partial charge in [-0.1, -0.05) is 128 Å². The average Bonchev–Trinajstić information content (AvgIpc) is 3.02. The average molecular weight is 655 g/mol. The van der Waals surface area contributed by atoms with Crippen LogP contribution in [0, 0.1) is 13.8 Å². The van der Waals surface area contributed by atoms with Crippen LogP contribution < -0.4 is 20.1 Å². The molecule has 4 nitrogen and oxygen atoms in total. The van der Waals surface area contributed by atoms with Gasteiger partial charge in [-0.05, 0) is 79.6 Å². The molecule has 0 radical (unpaired) electrons. The fourth-order valence-corrected chi connectivity index (χ4v) is 8.64. The Morgan fingerprint density at radius 1 is 0.574 bits per heavy atom. The number of hydrogen-bond acceptors (Lipinski definition) is 4. The molecule has 0 heterocycles. The Morgan fingerprint density at radius 2 is 0.979 bits per heavy atom. The molecular formula is C42H55O4P. The lowest BCUT2D eigenvalue weighted by Gasteiger charge is -2.32. The summed E-state index contributed by atoms with van der Waals surface area (Å²) in [5, 5.41) is 2.50. The number of hydrogen-bond donors (Lipinski definition) is 0. The summed E-state index contributed by atoms with van der Waals surface area (Å²) in [5.74, 6) is 1.90. The lowest BCUT2D eigenvalue weighted by atomic mass is 9.85. The topological polar surface area (TPSA) is 36.9 Å². The summed E-state index contributed by atoms with van der Waals surface area (Å²) in [6.07, 6.45) is 3.26. The zero-order valence-corrected chi connectivity index (χ0v) is 31.0. The zero-order valence-electron chi connectivity index (χ0n) is 30.1. The van der Waals surface area contributed by atoms with Gasteiger partial charge in [0.05, 0.1) is 13.2 Å². The van der Waals surface area contributed by atoms with Gasteiger partial charge in [-0.25, -0.2) is 0 Å². The van der Waals surface area contributed by atoms with E-state index >= 15 is 0 Å². The fourth-order valence-electron chi connectivity index (χ4n) is 5.68. The predicted octanol–water partition coefficient (Wildman–Crippen LogP) is 10.2. The van der Waals surface area contributed by atoms with Crippen molar-refractivity contribution in [1.29, 1.82) is 0 Å². The monoisotopic (exact) mass is 654 g/mol. The van der Waals surface area contributed by atoms with E-state index < -0.39 is 7.92 Å². The Balaban J connectivity index is 1.78. The second-order valence-corrected chi connectivity index (χ2v) is 16.8. The van der Waals surface area contributed by atoms with Crippen LogP contribution >= 0.6 is 7.92 Å². The second kappa shape index (κ2) is 16.8. The van der Waals surface area contributed by atoms with E-state index in [1.807, 2.05) is 36.4 Å². The molecule has 4 aromatic rings. The highest BCUT2D eigenvalue weighted by molar-refractivity contribution is 7.73. The van der Waals surface area contributed by atoms with Gasteiger partial charge in [-0.2, -0.15) is 0 Å². The van der Waals surface area contributed by atoms with Crippen molar-refractivity contribution in [2.24, 2.45) is 0 Å². The second-order valence-electron chi connectivity index (χ2n) is 14.5. The molecule has 252 valence electrons. The molecule has 0 amide bonds. The maximum atomic E-state index is 6.70. The summed E-state index contributed by atoms with van der Waals surface area (Å²) in [6.45, 7) is 21.6. The normalized spacial score (nSPS) is 12.0.